The lowest BCUT2D eigenvalue weighted by Crippen LogP contribution is -2.19. The molecule has 0 aliphatic rings. The molecule has 0 saturated heterocycles. The predicted octanol–water partition coefficient (Wildman–Crippen LogP) is 2.74. The highest BCUT2D eigenvalue weighted by Gasteiger charge is 2.02. The van der Waals surface area contributed by atoms with Gasteiger partial charge < -0.3 is 9.15 Å². The zero-order chi connectivity index (χ0) is 14.4. The number of hydrazone groups is 1. The number of carbonyl (C=O) groups excluding carboxylic acids is 1. The van der Waals surface area contributed by atoms with Crippen LogP contribution in [0.2, 0.25) is 0 Å². The molecule has 0 aliphatic heterocycles. The van der Waals surface area contributed by atoms with Crippen LogP contribution in [0.3, 0.4) is 0 Å². The molecule has 0 saturated carbocycles. The summed E-state index contributed by atoms with van der Waals surface area (Å²) in [5.74, 6) is 1.12. The Morgan fingerprint density at radius 2 is 2.10 bits per heavy atom. The fourth-order valence-corrected chi connectivity index (χ4v) is 1.85. The highest BCUT2D eigenvalue weighted by Crippen LogP contribution is 2.12. The van der Waals surface area contributed by atoms with Gasteiger partial charge >= 0.3 is 0 Å². The minimum atomic E-state index is -0.197. The minimum absolute atomic E-state index is 0.197. The van der Waals surface area contributed by atoms with Gasteiger partial charge in [0.15, 0.2) is 4.67 Å². The number of hydrogen-bond donors (Lipinski definition) is 1. The normalized spacial score (nSPS) is 10.7. The van der Waals surface area contributed by atoms with Crippen LogP contribution < -0.4 is 10.2 Å². The standard InChI is InChI=1S/C14H13BrN2O3/c1-19-11-4-2-10(3-5-11)8-14(18)17-16-9-12-6-7-13(15)20-12/h2-7,9H,8H2,1H3,(H,17,18)/b16-9-. The Morgan fingerprint density at radius 3 is 2.70 bits per heavy atom. The second-order valence-corrected chi connectivity index (χ2v) is 4.74. The van der Waals surface area contributed by atoms with E-state index in [1.165, 1.54) is 6.21 Å². The second-order valence-electron chi connectivity index (χ2n) is 3.96. The fourth-order valence-electron chi connectivity index (χ4n) is 1.53. The molecule has 1 N–H and O–H groups in total. The molecule has 1 heterocycles. The summed E-state index contributed by atoms with van der Waals surface area (Å²) in [5, 5.41) is 3.82. The summed E-state index contributed by atoms with van der Waals surface area (Å²) < 4.78 is 10.9. The average molecular weight is 337 g/mol. The van der Waals surface area contributed by atoms with Crippen LogP contribution in [0.5, 0.6) is 5.75 Å². The van der Waals surface area contributed by atoms with Crippen LogP contribution in [0, 0.1) is 0 Å². The van der Waals surface area contributed by atoms with Crippen LogP contribution in [0.4, 0.5) is 0 Å². The van der Waals surface area contributed by atoms with Gasteiger partial charge in [-0.25, -0.2) is 5.43 Å². The van der Waals surface area contributed by atoms with Gasteiger partial charge in [-0.2, -0.15) is 5.10 Å². The lowest BCUT2D eigenvalue weighted by Gasteiger charge is -2.02. The maximum absolute atomic E-state index is 11.7. The Morgan fingerprint density at radius 1 is 1.35 bits per heavy atom. The van der Waals surface area contributed by atoms with E-state index in [4.69, 9.17) is 9.15 Å². The Kier molecular flexibility index (Phi) is 4.95. The van der Waals surface area contributed by atoms with Crippen molar-refractivity contribution >= 4 is 28.1 Å². The van der Waals surface area contributed by atoms with Gasteiger partial charge in [0.2, 0.25) is 5.91 Å². The van der Waals surface area contributed by atoms with Crippen molar-refractivity contribution in [1.29, 1.82) is 0 Å². The molecule has 0 spiro atoms. The number of rotatable bonds is 5. The van der Waals surface area contributed by atoms with Crippen molar-refractivity contribution in [3.8, 4) is 5.75 Å². The molecule has 20 heavy (non-hydrogen) atoms. The van der Waals surface area contributed by atoms with E-state index in [-0.39, 0.29) is 12.3 Å². The highest BCUT2D eigenvalue weighted by atomic mass is 79.9. The van der Waals surface area contributed by atoms with Crippen LogP contribution in [0.25, 0.3) is 0 Å². The van der Waals surface area contributed by atoms with E-state index in [1.54, 1.807) is 19.2 Å². The van der Waals surface area contributed by atoms with Crippen molar-refractivity contribution in [3.63, 3.8) is 0 Å². The number of benzene rings is 1. The van der Waals surface area contributed by atoms with Crippen molar-refractivity contribution in [2.75, 3.05) is 7.11 Å². The largest absolute Gasteiger partial charge is 0.497 e. The van der Waals surface area contributed by atoms with Crippen LogP contribution in [0.15, 0.2) is 50.6 Å². The molecule has 1 amide bonds. The molecule has 0 unspecified atom stereocenters. The highest BCUT2D eigenvalue weighted by molar-refractivity contribution is 9.10. The first kappa shape index (κ1) is 14.3. The van der Waals surface area contributed by atoms with Crippen molar-refractivity contribution in [2.45, 2.75) is 6.42 Å². The van der Waals surface area contributed by atoms with Gasteiger partial charge in [0.05, 0.1) is 19.7 Å². The van der Waals surface area contributed by atoms with E-state index in [0.29, 0.717) is 10.4 Å². The van der Waals surface area contributed by atoms with Gasteiger partial charge in [0.25, 0.3) is 0 Å². The third-order valence-corrected chi connectivity index (χ3v) is 2.92. The van der Waals surface area contributed by atoms with Gasteiger partial charge in [-0.3, -0.25) is 4.79 Å². The zero-order valence-electron chi connectivity index (χ0n) is 10.8. The third kappa shape index (κ3) is 4.24. The van der Waals surface area contributed by atoms with Gasteiger partial charge in [-0.1, -0.05) is 12.1 Å². The summed E-state index contributed by atoms with van der Waals surface area (Å²) in [5.41, 5.74) is 3.33. The van der Waals surface area contributed by atoms with E-state index < -0.39 is 0 Å². The molecule has 0 fully saturated rings. The SMILES string of the molecule is COc1ccc(CC(=O)N/N=C\c2ccc(Br)o2)cc1. The molecule has 5 nitrogen and oxygen atoms in total. The molecule has 0 radical (unpaired) electrons. The second kappa shape index (κ2) is 6.91. The van der Waals surface area contributed by atoms with E-state index in [2.05, 4.69) is 26.5 Å². The maximum atomic E-state index is 11.7. The Balaban J connectivity index is 1.84. The summed E-state index contributed by atoms with van der Waals surface area (Å²) in [7, 11) is 1.60. The molecule has 2 aromatic rings. The minimum Gasteiger partial charge on any atom is -0.497 e. The van der Waals surface area contributed by atoms with Crippen LogP contribution in [-0.4, -0.2) is 19.2 Å². The smallest absolute Gasteiger partial charge is 0.244 e. The Labute approximate surface area is 124 Å². The summed E-state index contributed by atoms with van der Waals surface area (Å²) >= 11 is 3.18. The molecule has 0 aliphatic carbocycles. The summed E-state index contributed by atoms with van der Waals surface area (Å²) in [6.07, 6.45) is 1.69. The summed E-state index contributed by atoms with van der Waals surface area (Å²) in [4.78, 5) is 11.7. The van der Waals surface area contributed by atoms with E-state index >= 15 is 0 Å². The monoisotopic (exact) mass is 336 g/mol. The van der Waals surface area contributed by atoms with Gasteiger partial charge in [0, 0.05) is 0 Å². The molecule has 0 atom stereocenters. The first-order chi connectivity index (χ1) is 9.67. The number of furan rings is 1. The number of amides is 1. The number of nitrogens with zero attached hydrogens (tertiary/aromatic N) is 1. The summed E-state index contributed by atoms with van der Waals surface area (Å²) in [6.45, 7) is 0. The van der Waals surface area contributed by atoms with Crippen LogP contribution in [0.1, 0.15) is 11.3 Å². The quantitative estimate of drug-likeness (QED) is 0.674. The zero-order valence-corrected chi connectivity index (χ0v) is 12.4. The van der Waals surface area contributed by atoms with E-state index in [9.17, 15) is 4.79 Å². The average Bonchev–Trinajstić information content (AvgIpc) is 2.85. The molecular formula is C14H13BrN2O3. The molecule has 1 aromatic heterocycles. The molecule has 6 heteroatoms. The first-order valence-electron chi connectivity index (χ1n) is 5.87. The number of methoxy groups -OCH3 is 1. The summed E-state index contributed by atoms with van der Waals surface area (Å²) in [6, 6.07) is 10.8. The Bertz CT molecular complexity index is 605. The van der Waals surface area contributed by atoms with Crippen molar-refractivity contribution in [2.24, 2.45) is 5.10 Å². The number of halogens is 1. The van der Waals surface area contributed by atoms with Crippen molar-refractivity contribution < 1.29 is 13.9 Å². The van der Waals surface area contributed by atoms with E-state index in [1.807, 2.05) is 24.3 Å². The fraction of sp³-hybridized carbons (Fsp3) is 0.143. The van der Waals surface area contributed by atoms with Crippen molar-refractivity contribution in [1.82, 2.24) is 5.43 Å². The number of ether oxygens (including phenoxy) is 1. The maximum Gasteiger partial charge on any atom is 0.244 e. The third-order valence-electron chi connectivity index (χ3n) is 2.50. The number of nitrogens with one attached hydrogen (secondary N) is 1. The lowest BCUT2D eigenvalue weighted by molar-refractivity contribution is -0.120. The van der Waals surface area contributed by atoms with Crippen LogP contribution in [-0.2, 0) is 11.2 Å². The number of hydrogen-bond acceptors (Lipinski definition) is 4. The van der Waals surface area contributed by atoms with E-state index in [0.717, 1.165) is 11.3 Å². The first-order valence-corrected chi connectivity index (χ1v) is 6.67. The van der Waals surface area contributed by atoms with Gasteiger partial charge in [-0.15, -0.1) is 0 Å². The molecule has 104 valence electrons. The van der Waals surface area contributed by atoms with Gasteiger partial charge in [-0.05, 0) is 45.8 Å². The topological polar surface area (TPSA) is 63.8 Å². The molecule has 0 bridgehead atoms. The molecule has 1 aromatic carbocycles. The Hall–Kier alpha value is -2.08. The number of carbonyl (C=O) groups is 1. The molecular weight excluding hydrogens is 324 g/mol. The predicted molar refractivity (Wildman–Crippen MR) is 78.8 cm³/mol. The lowest BCUT2D eigenvalue weighted by atomic mass is 10.1. The van der Waals surface area contributed by atoms with Crippen LogP contribution >= 0.6 is 15.9 Å². The van der Waals surface area contributed by atoms with Gasteiger partial charge in [0.1, 0.15) is 11.5 Å². The van der Waals surface area contributed by atoms with Crippen molar-refractivity contribution in [3.05, 3.63) is 52.4 Å². The molecule has 2 rings (SSSR count).